The number of hydrogen-bond donors (Lipinski definition) is 2. The third-order valence-electron chi connectivity index (χ3n) is 6.64. The van der Waals surface area contributed by atoms with Crippen molar-refractivity contribution in [1.29, 1.82) is 5.26 Å². The minimum absolute atomic E-state index is 0.0765. The summed E-state index contributed by atoms with van der Waals surface area (Å²) >= 11 is 6.58. The van der Waals surface area contributed by atoms with E-state index in [1.54, 1.807) is 23.0 Å². The molecule has 1 saturated carbocycles. The maximum absolute atomic E-state index is 13.9. The molecular formula is C29H22ClF5N8. The van der Waals surface area contributed by atoms with E-state index >= 15 is 0 Å². The Kier molecular flexibility index (Phi) is 8.14. The van der Waals surface area contributed by atoms with E-state index in [9.17, 15) is 27.2 Å². The molecule has 43 heavy (non-hydrogen) atoms. The molecule has 1 aromatic carbocycles. The van der Waals surface area contributed by atoms with Crippen LogP contribution < -0.4 is 10.6 Å². The summed E-state index contributed by atoms with van der Waals surface area (Å²) < 4.78 is 67.9. The molecule has 0 unspecified atom stereocenters. The van der Waals surface area contributed by atoms with Crippen LogP contribution in [0.2, 0.25) is 5.02 Å². The SMILES string of the molecule is C=C(/C=C\C=C(/C)C(F)(F)F)[C@H](Nc1cc(Cl)c2ncc(C#N)c(Nc3cnc(F)c(F)c3)c2c1)c1cn(C2CC2)nn1. The van der Waals surface area contributed by atoms with E-state index in [1.807, 2.05) is 6.07 Å². The highest BCUT2D eigenvalue weighted by molar-refractivity contribution is 6.36. The van der Waals surface area contributed by atoms with E-state index in [1.165, 1.54) is 18.3 Å². The Hall–Kier alpha value is -4.83. The van der Waals surface area contributed by atoms with Crippen LogP contribution in [0.25, 0.3) is 10.9 Å². The second-order valence-corrected chi connectivity index (χ2v) is 10.3. The molecule has 2 N–H and O–H groups in total. The van der Waals surface area contributed by atoms with E-state index < -0.39 is 29.6 Å². The summed E-state index contributed by atoms with van der Waals surface area (Å²) in [5.41, 5.74) is 1.18. The monoisotopic (exact) mass is 612 g/mol. The summed E-state index contributed by atoms with van der Waals surface area (Å²) in [4.78, 5) is 7.65. The number of nitrogens with zero attached hydrogens (tertiary/aromatic N) is 6. The number of aromatic nitrogens is 5. The predicted molar refractivity (Wildman–Crippen MR) is 152 cm³/mol. The van der Waals surface area contributed by atoms with Crippen LogP contribution in [0.3, 0.4) is 0 Å². The van der Waals surface area contributed by atoms with Gasteiger partial charge in [-0.1, -0.05) is 41.6 Å². The molecule has 1 atom stereocenters. The Morgan fingerprint density at radius 2 is 1.95 bits per heavy atom. The minimum atomic E-state index is -4.46. The fraction of sp³-hybridized carbons (Fsp3) is 0.207. The van der Waals surface area contributed by atoms with Gasteiger partial charge in [-0.25, -0.2) is 14.1 Å². The van der Waals surface area contributed by atoms with Crippen LogP contribution in [-0.2, 0) is 0 Å². The Morgan fingerprint density at radius 3 is 2.63 bits per heavy atom. The number of nitrogens with one attached hydrogen (secondary N) is 2. The number of benzene rings is 1. The van der Waals surface area contributed by atoms with Gasteiger partial charge in [-0.15, -0.1) is 5.10 Å². The van der Waals surface area contributed by atoms with Gasteiger partial charge < -0.3 is 10.6 Å². The molecular weight excluding hydrogens is 591 g/mol. The molecule has 14 heteroatoms. The molecule has 0 saturated heterocycles. The lowest BCUT2D eigenvalue weighted by Crippen LogP contribution is -2.13. The maximum Gasteiger partial charge on any atom is 0.412 e. The lowest BCUT2D eigenvalue weighted by molar-refractivity contribution is -0.0913. The van der Waals surface area contributed by atoms with E-state index in [0.29, 0.717) is 27.9 Å². The summed E-state index contributed by atoms with van der Waals surface area (Å²) in [7, 11) is 0. The molecule has 0 bridgehead atoms. The van der Waals surface area contributed by atoms with Crippen LogP contribution in [0, 0.1) is 23.1 Å². The molecule has 4 aromatic rings. The number of alkyl halides is 3. The first kappa shape index (κ1) is 29.7. The Balaban J connectivity index is 1.54. The lowest BCUT2D eigenvalue weighted by atomic mass is 10.0. The minimum Gasteiger partial charge on any atom is -0.373 e. The summed E-state index contributed by atoms with van der Waals surface area (Å²) in [5.74, 6) is -2.46. The van der Waals surface area contributed by atoms with Gasteiger partial charge in [0.15, 0.2) is 5.82 Å². The van der Waals surface area contributed by atoms with Gasteiger partial charge in [-0.3, -0.25) is 4.98 Å². The van der Waals surface area contributed by atoms with Crippen molar-refractivity contribution in [2.24, 2.45) is 0 Å². The van der Waals surface area contributed by atoms with Crippen molar-refractivity contribution in [1.82, 2.24) is 25.0 Å². The molecule has 1 aliphatic carbocycles. The molecule has 0 radical (unpaired) electrons. The van der Waals surface area contributed by atoms with Crippen molar-refractivity contribution >= 4 is 39.6 Å². The second kappa shape index (κ2) is 11.8. The topological polar surface area (TPSA) is 104 Å². The largest absolute Gasteiger partial charge is 0.412 e. The summed E-state index contributed by atoms with van der Waals surface area (Å²) in [6.07, 6.45) is 5.18. The standard InChI is InChI=1S/C29H22ClF5N8/c1-15(4-3-5-16(2)29(33,34)35)25(24-14-43(42-41-24)20-6-7-20)39-18-8-21-26(40-19-10-23(31)28(32)38-13-19)17(11-36)12-37-27(21)22(30)9-18/h3-5,8-10,12-14,20,25,39H,1,6-7H2,2H3,(H,37,40)/b4-3-,16-5+/t25-/m0/s1. The summed E-state index contributed by atoms with van der Waals surface area (Å²) in [6.45, 7) is 5.01. The number of nitriles is 1. The van der Waals surface area contributed by atoms with E-state index in [-0.39, 0.29) is 28.0 Å². The summed E-state index contributed by atoms with van der Waals surface area (Å²) in [6, 6.07) is 5.61. The lowest BCUT2D eigenvalue weighted by Gasteiger charge is -2.20. The van der Waals surface area contributed by atoms with Gasteiger partial charge in [0.2, 0.25) is 5.95 Å². The number of halogens is 6. The van der Waals surface area contributed by atoms with Gasteiger partial charge in [0.1, 0.15) is 11.8 Å². The second-order valence-electron chi connectivity index (χ2n) is 9.85. The fourth-order valence-electron chi connectivity index (χ4n) is 4.17. The van der Waals surface area contributed by atoms with Crippen LogP contribution in [0.15, 0.2) is 72.7 Å². The number of anilines is 3. The summed E-state index contributed by atoms with van der Waals surface area (Å²) in [5, 5.41) is 24.9. The van der Waals surface area contributed by atoms with Gasteiger partial charge in [0.05, 0.1) is 52.0 Å². The normalized spacial score (nSPS) is 14.6. The quantitative estimate of drug-likeness (QED) is 0.113. The van der Waals surface area contributed by atoms with Crippen LogP contribution >= 0.6 is 11.6 Å². The van der Waals surface area contributed by atoms with Crippen molar-refractivity contribution in [2.75, 3.05) is 10.6 Å². The highest BCUT2D eigenvalue weighted by atomic mass is 35.5. The first-order chi connectivity index (χ1) is 20.4. The molecule has 3 aromatic heterocycles. The Bertz CT molecular complexity index is 1820. The Labute approximate surface area is 247 Å². The fourth-order valence-corrected chi connectivity index (χ4v) is 4.43. The van der Waals surface area contributed by atoms with Gasteiger partial charge in [0.25, 0.3) is 0 Å². The Morgan fingerprint density at radius 1 is 1.19 bits per heavy atom. The van der Waals surface area contributed by atoms with Crippen molar-refractivity contribution in [3.8, 4) is 6.07 Å². The number of rotatable bonds is 9. The van der Waals surface area contributed by atoms with Gasteiger partial charge in [0, 0.05) is 28.9 Å². The van der Waals surface area contributed by atoms with Crippen molar-refractivity contribution in [2.45, 2.75) is 38.0 Å². The zero-order valence-corrected chi connectivity index (χ0v) is 23.2. The molecule has 220 valence electrons. The number of allylic oxidation sites excluding steroid dienone is 3. The van der Waals surface area contributed by atoms with Crippen LogP contribution in [0.5, 0.6) is 0 Å². The smallest absolute Gasteiger partial charge is 0.373 e. The van der Waals surface area contributed by atoms with Gasteiger partial charge in [-0.05, 0) is 37.5 Å². The number of pyridine rings is 2. The zero-order chi connectivity index (χ0) is 30.9. The molecule has 0 aliphatic heterocycles. The van der Waals surface area contributed by atoms with E-state index in [4.69, 9.17) is 11.6 Å². The van der Waals surface area contributed by atoms with E-state index in [2.05, 4.69) is 37.5 Å². The van der Waals surface area contributed by atoms with Crippen molar-refractivity contribution in [3.05, 3.63) is 101 Å². The van der Waals surface area contributed by atoms with Crippen LogP contribution in [0.1, 0.15) is 43.1 Å². The highest BCUT2D eigenvalue weighted by Gasteiger charge is 2.29. The zero-order valence-electron chi connectivity index (χ0n) is 22.4. The molecule has 3 heterocycles. The van der Waals surface area contributed by atoms with Crippen LogP contribution in [-0.4, -0.2) is 31.1 Å². The number of fused-ring (bicyclic) bond motifs is 1. The third kappa shape index (κ3) is 6.65. The van der Waals surface area contributed by atoms with Crippen LogP contribution in [0.4, 0.5) is 39.0 Å². The maximum atomic E-state index is 13.9. The average Bonchev–Trinajstić information content (AvgIpc) is 3.70. The molecule has 0 spiro atoms. The molecule has 5 rings (SSSR count). The van der Waals surface area contributed by atoms with Gasteiger partial charge in [-0.2, -0.15) is 22.8 Å². The average molecular weight is 613 g/mol. The molecule has 1 fully saturated rings. The van der Waals surface area contributed by atoms with E-state index in [0.717, 1.165) is 38.1 Å². The van der Waals surface area contributed by atoms with Gasteiger partial charge >= 0.3 is 6.18 Å². The first-order valence-corrected chi connectivity index (χ1v) is 13.2. The molecule has 1 aliphatic rings. The number of hydrogen-bond acceptors (Lipinski definition) is 7. The first-order valence-electron chi connectivity index (χ1n) is 12.8. The molecule has 0 amide bonds. The predicted octanol–water partition coefficient (Wildman–Crippen LogP) is 7.88. The van der Waals surface area contributed by atoms with Crippen molar-refractivity contribution < 1.29 is 22.0 Å². The third-order valence-corrected chi connectivity index (χ3v) is 6.93. The molecule has 8 nitrogen and oxygen atoms in total. The highest BCUT2D eigenvalue weighted by Crippen LogP contribution is 2.38. The van der Waals surface area contributed by atoms with Crippen molar-refractivity contribution in [3.63, 3.8) is 0 Å².